The van der Waals surface area contributed by atoms with Crippen LogP contribution in [-0.4, -0.2) is 45.6 Å². The van der Waals surface area contributed by atoms with Crippen LogP contribution in [0.5, 0.6) is 5.88 Å². The molecule has 2 bridgehead atoms. The Balaban J connectivity index is 1.43. The highest BCUT2D eigenvalue weighted by Gasteiger charge is 2.55. The highest BCUT2D eigenvalue weighted by Crippen LogP contribution is 2.45. The summed E-state index contributed by atoms with van der Waals surface area (Å²) in [5.41, 5.74) is -1.07. The van der Waals surface area contributed by atoms with Gasteiger partial charge in [0.15, 0.2) is 0 Å². The van der Waals surface area contributed by atoms with E-state index in [1.165, 1.54) is 29.5 Å². The minimum atomic E-state index is -4.53. The SMILES string of the molecule is O=C(c1c(F)cccc1-c1ncco1)N1C(CF)C2CC(Oc3ccc(C(F)(F)F)cn3)C1C2. The molecule has 34 heavy (non-hydrogen) atoms. The van der Waals surface area contributed by atoms with Crippen LogP contribution in [0.1, 0.15) is 28.8 Å². The fourth-order valence-corrected chi connectivity index (χ4v) is 4.90. The number of aromatic nitrogens is 2. The van der Waals surface area contributed by atoms with E-state index in [1.807, 2.05) is 0 Å². The Hall–Kier alpha value is -3.50. The lowest BCUT2D eigenvalue weighted by Crippen LogP contribution is -2.53. The molecule has 5 rings (SSSR count). The number of nitrogens with zero attached hydrogens (tertiary/aromatic N) is 3. The average molecular weight is 479 g/mol. The molecule has 2 aromatic heterocycles. The van der Waals surface area contributed by atoms with Gasteiger partial charge in [-0.25, -0.2) is 18.7 Å². The van der Waals surface area contributed by atoms with Gasteiger partial charge in [0.05, 0.1) is 35.0 Å². The molecule has 4 unspecified atom stereocenters. The number of likely N-dealkylation sites (tertiary alicyclic amines) is 1. The Labute approximate surface area is 190 Å². The normalized spacial score (nSPS) is 24.0. The van der Waals surface area contributed by atoms with Crippen molar-refractivity contribution in [2.24, 2.45) is 5.92 Å². The van der Waals surface area contributed by atoms with Crippen molar-refractivity contribution in [3.63, 3.8) is 0 Å². The molecule has 3 heterocycles. The lowest BCUT2D eigenvalue weighted by atomic mass is 9.96. The first-order chi connectivity index (χ1) is 16.3. The number of ether oxygens (including phenoxy) is 1. The predicted molar refractivity (Wildman–Crippen MR) is 108 cm³/mol. The van der Waals surface area contributed by atoms with Crippen LogP contribution in [0, 0.1) is 11.7 Å². The van der Waals surface area contributed by atoms with E-state index in [0.29, 0.717) is 19.0 Å². The Morgan fingerprint density at radius 1 is 1.18 bits per heavy atom. The van der Waals surface area contributed by atoms with Crippen LogP contribution in [0.4, 0.5) is 22.0 Å². The first-order valence-corrected chi connectivity index (χ1v) is 10.5. The smallest absolute Gasteiger partial charge is 0.417 e. The predicted octanol–water partition coefficient (Wildman–Crippen LogP) is 4.91. The molecule has 0 spiro atoms. The van der Waals surface area contributed by atoms with Gasteiger partial charge in [-0.15, -0.1) is 0 Å². The summed E-state index contributed by atoms with van der Waals surface area (Å²) in [6, 6.07) is 4.61. The summed E-state index contributed by atoms with van der Waals surface area (Å²) in [7, 11) is 0. The summed E-state index contributed by atoms with van der Waals surface area (Å²) < 4.78 is 78.3. The van der Waals surface area contributed by atoms with Crippen molar-refractivity contribution in [1.29, 1.82) is 0 Å². The monoisotopic (exact) mass is 479 g/mol. The van der Waals surface area contributed by atoms with Gasteiger partial charge in [-0.05, 0) is 37.0 Å². The summed E-state index contributed by atoms with van der Waals surface area (Å²) in [6.07, 6.45) is -1.02. The summed E-state index contributed by atoms with van der Waals surface area (Å²) >= 11 is 0. The van der Waals surface area contributed by atoms with Crippen molar-refractivity contribution in [1.82, 2.24) is 14.9 Å². The maximum Gasteiger partial charge on any atom is 0.417 e. The Bertz CT molecular complexity index is 1180. The molecule has 3 aromatic rings. The lowest BCUT2D eigenvalue weighted by molar-refractivity contribution is -0.137. The molecule has 178 valence electrons. The van der Waals surface area contributed by atoms with Gasteiger partial charge in [0.25, 0.3) is 5.91 Å². The quantitative estimate of drug-likeness (QED) is 0.487. The third kappa shape index (κ3) is 3.78. The van der Waals surface area contributed by atoms with Crippen molar-refractivity contribution in [3.05, 3.63) is 65.9 Å². The van der Waals surface area contributed by atoms with Crippen molar-refractivity contribution in [3.8, 4) is 17.3 Å². The standard InChI is InChI=1S/C23H18F5N3O3/c24-10-17-12-8-16(18(9-12)34-19-5-4-13(11-30-19)23(26,27)28)31(17)22(32)20-14(2-1-3-15(20)25)21-29-6-7-33-21/h1-7,11-12,16-18H,8-10H2. The summed E-state index contributed by atoms with van der Waals surface area (Å²) in [4.78, 5) is 22.5. The molecule has 6 nitrogen and oxygen atoms in total. The molecule has 2 aliphatic rings. The molecule has 1 saturated heterocycles. The third-order valence-electron chi connectivity index (χ3n) is 6.39. The van der Waals surface area contributed by atoms with Gasteiger partial charge < -0.3 is 14.1 Å². The second kappa shape index (κ2) is 8.37. The van der Waals surface area contributed by atoms with E-state index in [4.69, 9.17) is 9.15 Å². The van der Waals surface area contributed by atoms with Gasteiger partial charge in [-0.3, -0.25) is 4.79 Å². The number of rotatable bonds is 5. The lowest BCUT2D eigenvalue weighted by Gasteiger charge is -2.38. The summed E-state index contributed by atoms with van der Waals surface area (Å²) in [5.74, 6) is -1.76. The number of oxazole rings is 1. The van der Waals surface area contributed by atoms with E-state index in [-0.39, 0.29) is 28.8 Å². The summed E-state index contributed by atoms with van der Waals surface area (Å²) in [6.45, 7) is -0.819. The fraction of sp³-hybridized carbons (Fsp3) is 0.348. The number of carbonyl (C=O) groups is 1. The molecule has 1 aromatic carbocycles. The van der Waals surface area contributed by atoms with Crippen molar-refractivity contribution in [2.75, 3.05) is 6.67 Å². The molecule has 1 aliphatic heterocycles. The van der Waals surface area contributed by atoms with Gasteiger partial charge >= 0.3 is 6.18 Å². The zero-order valence-corrected chi connectivity index (χ0v) is 17.5. The molecule has 1 amide bonds. The second-order valence-electron chi connectivity index (χ2n) is 8.27. The van der Waals surface area contributed by atoms with Gasteiger partial charge in [-0.1, -0.05) is 6.07 Å². The second-order valence-corrected chi connectivity index (χ2v) is 8.27. The number of carbonyl (C=O) groups excluding carboxylic acids is 1. The zero-order chi connectivity index (χ0) is 24.0. The molecular formula is C23H18F5N3O3. The third-order valence-corrected chi connectivity index (χ3v) is 6.39. The Kier molecular flexibility index (Phi) is 5.49. The van der Waals surface area contributed by atoms with Crippen LogP contribution in [0.15, 0.2) is 53.4 Å². The van der Waals surface area contributed by atoms with Crippen LogP contribution in [-0.2, 0) is 6.18 Å². The highest BCUT2D eigenvalue weighted by atomic mass is 19.4. The Morgan fingerprint density at radius 3 is 2.65 bits per heavy atom. The molecule has 1 aliphatic carbocycles. The Morgan fingerprint density at radius 2 is 2.00 bits per heavy atom. The van der Waals surface area contributed by atoms with E-state index in [9.17, 15) is 26.7 Å². The van der Waals surface area contributed by atoms with E-state index >= 15 is 0 Å². The number of hydrogen-bond acceptors (Lipinski definition) is 5. The topological polar surface area (TPSA) is 68.5 Å². The molecular weight excluding hydrogens is 461 g/mol. The molecule has 11 heteroatoms. The van der Waals surface area contributed by atoms with Gasteiger partial charge in [0.1, 0.15) is 24.9 Å². The molecule has 4 atom stereocenters. The minimum Gasteiger partial charge on any atom is -0.472 e. The van der Waals surface area contributed by atoms with Crippen molar-refractivity contribution in [2.45, 2.75) is 37.2 Å². The number of piperidine rings is 1. The summed E-state index contributed by atoms with van der Waals surface area (Å²) in [5, 5.41) is 0. The number of alkyl halides is 4. The molecule has 1 saturated carbocycles. The first-order valence-electron chi connectivity index (χ1n) is 10.5. The van der Waals surface area contributed by atoms with E-state index in [1.54, 1.807) is 0 Å². The van der Waals surface area contributed by atoms with Gasteiger partial charge in [0, 0.05) is 12.3 Å². The molecule has 2 fully saturated rings. The first kappa shape index (κ1) is 22.3. The van der Waals surface area contributed by atoms with Crippen LogP contribution in [0.25, 0.3) is 11.5 Å². The molecule has 0 N–H and O–H groups in total. The molecule has 0 radical (unpaired) electrons. The number of fused-ring (bicyclic) bond motifs is 2. The average Bonchev–Trinajstić information content (AvgIpc) is 3.54. The van der Waals surface area contributed by atoms with Gasteiger partial charge in [-0.2, -0.15) is 13.2 Å². The van der Waals surface area contributed by atoms with Crippen LogP contribution < -0.4 is 4.74 Å². The van der Waals surface area contributed by atoms with Crippen LogP contribution in [0.2, 0.25) is 0 Å². The van der Waals surface area contributed by atoms with Gasteiger partial charge in [0.2, 0.25) is 11.8 Å². The number of benzene rings is 1. The van der Waals surface area contributed by atoms with E-state index in [2.05, 4.69) is 9.97 Å². The van der Waals surface area contributed by atoms with Crippen molar-refractivity contribution >= 4 is 5.91 Å². The largest absolute Gasteiger partial charge is 0.472 e. The van der Waals surface area contributed by atoms with Crippen LogP contribution in [0.3, 0.4) is 0 Å². The highest BCUT2D eigenvalue weighted by molar-refractivity contribution is 6.01. The van der Waals surface area contributed by atoms with Crippen molar-refractivity contribution < 1.29 is 35.9 Å². The zero-order valence-electron chi connectivity index (χ0n) is 17.5. The number of pyridine rings is 1. The maximum absolute atomic E-state index is 14.9. The number of amides is 1. The number of hydrogen-bond donors (Lipinski definition) is 0. The fourth-order valence-electron chi connectivity index (χ4n) is 4.90. The van der Waals surface area contributed by atoms with Crippen LogP contribution >= 0.6 is 0 Å². The minimum absolute atomic E-state index is 0.0406. The maximum atomic E-state index is 14.9. The number of halogens is 5. The van der Waals surface area contributed by atoms with E-state index < -0.39 is 48.3 Å². The van der Waals surface area contributed by atoms with E-state index in [0.717, 1.165) is 18.2 Å².